The van der Waals surface area contributed by atoms with Gasteiger partial charge in [0.05, 0.1) is 5.75 Å². The molecule has 3 aromatic rings. The number of Topliss-reactive ketones (excluding diaryl/α,β-unsaturated/α-hetero) is 1. The predicted octanol–water partition coefficient (Wildman–Crippen LogP) is 4.17. The van der Waals surface area contributed by atoms with Gasteiger partial charge in [0.1, 0.15) is 6.61 Å². The third kappa shape index (κ3) is 3.83. The lowest BCUT2D eigenvalue weighted by Gasteiger charge is -2.23. The number of nitrogens with zero attached hydrogens (tertiary/aromatic N) is 2. The molecule has 0 radical (unpaired) electrons. The smallest absolute Gasteiger partial charge is 0.277 e. The van der Waals surface area contributed by atoms with Crippen molar-refractivity contribution < 1.29 is 18.7 Å². The Bertz CT molecular complexity index is 986. The fourth-order valence-corrected chi connectivity index (χ4v) is 3.53. The summed E-state index contributed by atoms with van der Waals surface area (Å²) in [5.74, 6) is 1.94. The monoisotopic (exact) mass is 382 g/mol. The van der Waals surface area contributed by atoms with Crippen LogP contribution in [0.1, 0.15) is 33.5 Å². The number of aromatic nitrogens is 2. The van der Waals surface area contributed by atoms with Crippen molar-refractivity contribution in [2.45, 2.75) is 25.2 Å². The summed E-state index contributed by atoms with van der Waals surface area (Å²) in [6, 6.07) is 13.2. The van der Waals surface area contributed by atoms with Gasteiger partial charge in [-0.25, -0.2) is 0 Å². The first-order valence-corrected chi connectivity index (χ1v) is 9.54. The van der Waals surface area contributed by atoms with Crippen molar-refractivity contribution in [3.8, 4) is 11.5 Å². The molecule has 0 N–H and O–H groups in total. The van der Waals surface area contributed by atoms with Crippen molar-refractivity contribution in [2.75, 3.05) is 12.4 Å². The van der Waals surface area contributed by atoms with E-state index >= 15 is 0 Å². The van der Waals surface area contributed by atoms with Gasteiger partial charge in [-0.15, -0.1) is 10.2 Å². The molecule has 0 saturated heterocycles. The van der Waals surface area contributed by atoms with Crippen LogP contribution in [0, 0.1) is 13.8 Å². The van der Waals surface area contributed by atoms with E-state index in [2.05, 4.69) is 10.2 Å². The number of para-hydroxylation sites is 2. The van der Waals surface area contributed by atoms with Gasteiger partial charge in [0.15, 0.2) is 17.3 Å². The van der Waals surface area contributed by atoms with Crippen LogP contribution in [0.15, 0.2) is 52.1 Å². The third-order valence-electron chi connectivity index (χ3n) is 4.22. The highest BCUT2D eigenvalue weighted by molar-refractivity contribution is 7.99. The van der Waals surface area contributed by atoms with Gasteiger partial charge in [0.25, 0.3) is 11.1 Å². The number of ketones is 1. The van der Waals surface area contributed by atoms with Crippen LogP contribution in [0.5, 0.6) is 11.5 Å². The molecule has 1 aliphatic heterocycles. The van der Waals surface area contributed by atoms with Crippen molar-refractivity contribution in [2.24, 2.45) is 0 Å². The number of carbonyl (C=O) groups excluding carboxylic acids is 1. The van der Waals surface area contributed by atoms with E-state index in [0.717, 1.165) is 11.1 Å². The Morgan fingerprint density at radius 3 is 2.78 bits per heavy atom. The van der Waals surface area contributed by atoms with E-state index in [0.29, 0.717) is 34.8 Å². The number of hydrogen-bond acceptors (Lipinski definition) is 7. The average molecular weight is 382 g/mol. The number of fused-ring (bicyclic) bond motifs is 1. The number of thioether (sulfide) groups is 1. The highest BCUT2D eigenvalue weighted by Crippen LogP contribution is 2.36. The summed E-state index contributed by atoms with van der Waals surface area (Å²) in [5, 5.41) is 8.39. The first-order chi connectivity index (χ1) is 13.1. The second-order valence-electron chi connectivity index (χ2n) is 6.30. The quantitative estimate of drug-likeness (QED) is 0.484. The third-order valence-corrected chi connectivity index (χ3v) is 5.03. The lowest BCUT2D eigenvalue weighted by molar-refractivity contribution is 0.0686. The zero-order valence-corrected chi connectivity index (χ0v) is 15.8. The Kier molecular flexibility index (Phi) is 4.85. The van der Waals surface area contributed by atoms with Crippen LogP contribution in [-0.2, 0) is 0 Å². The normalized spacial score (nSPS) is 15.6. The average Bonchev–Trinajstić information content (AvgIpc) is 3.15. The summed E-state index contributed by atoms with van der Waals surface area (Å²) < 4.78 is 17.2. The van der Waals surface area contributed by atoms with Crippen molar-refractivity contribution in [1.29, 1.82) is 0 Å². The number of benzene rings is 2. The standard InChI is InChI=1S/C20H18N2O4S/c1-12-7-8-14(13(2)9-12)15(23)11-27-20-22-21-19(26-20)18-10-24-16-5-3-4-6-17(16)25-18/h3-9,18H,10-11H2,1-2H3. The molecule has 0 amide bonds. The Morgan fingerprint density at radius 2 is 1.96 bits per heavy atom. The first-order valence-electron chi connectivity index (χ1n) is 8.55. The molecular formula is C20H18N2O4S. The summed E-state index contributed by atoms with van der Waals surface area (Å²) >= 11 is 1.22. The van der Waals surface area contributed by atoms with Crippen LogP contribution in [0.2, 0.25) is 0 Å². The summed E-state index contributed by atoms with van der Waals surface area (Å²) in [6.45, 7) is 4.24. The van der Waals surface area contributed by atoms with E-state index in [4.69, 9.17) is 13.9 Å². The molecular weight excluding hydrogens is 364 g/mol. The fraction of sp³-hybridized carbons (Fsp3) is 0.250. The maximum Gasteiger partial charge on any atom is 0.277 e. The molecule has 6 nitrogen and oxygen atoms in total. The maximum absolute atomic E-state index is 12.4. The molecule has 2 heterocycles. The molecule has 2 aromatic carbocycles. The van der Waals surface area contributed by atoms with Gasteiger partial charge in [-0.3, -0.25) is 4.79 Å². The topological polar surface area (TPSA) is 74.5 Å². The van der Waals surface area contributed by atoms with Crippen LogP contribution in [-0.4, -0.2) is 28.3 Å². The molecule has 1 aromatic heterocycles. The lowest BCUT2D eigenvalue weighted by Crippen LogP contribution is -2.21. The molecule has 0 aliphatic carbocycles. The summed E-state index contributed by atoms with van der Waals surface area (Å²) in [7, 11) is 0. The predicted molar refractivity (Wildman–Crippen MR) is 101 cm³/mol. The molecule has 1 atom stereocenters. The van der Waals surface area contributed by atoms with E-state index in [9.17, 15) is 4.79 Å². The molecule has 4 rings (SSSR count). The molecule has 1 unspecified atom stereocenters. The summed E-state index contributed by atoms with van der Waals surface area (Å²) in [6.07, 6.45) is -0.461. The maximum atomic E-state index is 12.4. The van der Waals surface area contributed by atoms with Gasteiger partial charge < -0.3 is 13.9 Å². The molecule has 0 spiro atoms. The van der Waals surface area contributed by atoms with Crippen molar-refractivity contribution >= 4 is 17.5 Å². The van der Waals surface area contributed by atoms with Gasteiger partial charge in [0, 0.05) is 5.56 Å². The molecule has 0 saturated carbocycles. The zero-order chi connectivity index (χ0) is 18.8. The van der Waals surface area contributed by atoms with E-state index in [1.54, 1.807) is 0 Å². The van der Waals surface area contributed by atoms with Gasteiger partial charge in [-0.1, -0.05) is 47.7 Å². The minimum absolute atomic E-state index is 0.0310. The van der Waals surface area contributed by atoms with Crippen LogP contribution in [0.4, 0.5) is 0 Å². The van der Waals surface area contributed by atoms with Crippen LogP contribution < -0.4 is 9.47 Å². The Balaban J connectivity index is 1.39. The lowest BCUT2D eigenvalue weighted by atomic mass is 10.0. The molecule has 7 heteroatoms. The number of ether oxygens (including phenoxy) is 2. The minimum Gasteiger partial charge on any atom is -0.485 e. The minimum atomic E-state index is -0.461. The van der Waals surface area contributed by atoms with Gasteiger partial charge >= 0.3 is 0 Å². The van der Waals surface area contributed by atoms with Gasteiger partial charge in [0.2, 0.25) is 6.10 Å². The van der Waals surface area contributed by atoms with E-state index in [1.165, 1.54) is 11.8 Å². The van der Waals surface area contributed by atoms with Crippen molar-refractivity contribution in [3.05, 3.63) is 65.0 Å². The van der Waals surface area contributed by atoms with Gasteiger partial charge in [-0.2, -0.15) is 0 Å². The first kappa shape index (κ1) is 17.6. The van der Waals surface area contributed by atoms with Crippen LogP contribution in [0.25, 0.3) is 0 Å². The van der Waals surface area contributed by atoms with Crippen molar-refractivity contribution in [3.63, 3.8) is 0 Å². The number of rotatable bonds is 5. The number of aryl methyl sites for hydroxylation is 2. The second-order valence-corrected chi connectivity index (χ2v) is 7.23. The fourth-order valence-electron chi connectivity index (χ4n) is 2.88. The largest absolute Gasteiger partial charge is 0.485 e. The van der Waals surface area contributed by atoms with Crippen LogP contribution in [0.3, 0.4) is 0 Å². The SMILES string of the molecule is Cc1ccc(C(=O)CSc2nnc(C3COc4ccccc4O3)o2)c(C)c1. The van der Waals surface area contributed by atoms with Crippen molar-refractivity contribution in [1.82, 2.24) is 10.2 Å². The Hall–Kier alpha value is -2.80. The number of carbonyl (C=O) groups is 1. The second kappa shape index (κ2) is 7.44. The molecule has 0 bridgehead atoms. The molecule has 0 fully saturated rings. The highest BCUT2D eigenvalue weighted by Gasteiger charge is 2.27. The molecule has 27 heavy (non-hydrogen) atoms. The summed E-state index contributed by atoms with van der Waals surface area (Å²) in [5.41, 5.74) is 2.82. The Morgan fingerprint density at radius 1 is 1.15 bits per heavy atom. The summed E-state index contributed by atoms with van der Waals surface area (Å²) in [4.78, 5) is 12.4. The zero-order valence-electron chi connectivity index (χ0n) is 15.0. The Labute approximate surface area is 160 Å². The molecule has 1 aliphatic rings. The van der Waals surface area contributed by atoms with Gasteiger partial charge in [-0.05, 0) is 31.5 Å². The van der Waals surface area contributed by atoms with E-state index in [-0.39, 0.29) is 11.5 Å². The van der Waals surface area contributed by atoms with E-state index < -0.39 is 6.10 Å². The highest BCUT2D eigenvalue weighted by atomic mass is 32.2. The van der Waals surface area contributed by atoms with E-state index in [1.807, 2.05) is 56.3 Å². The molecule has 138 valence electrons. The van der Waals surface area contributed by atoms with Crippen LogP contribution >= 0.6 is 11.8 Å². The number of hydrogen-bond donors (Lipinski definition) is 0.